The number of nitrogens with zero attached hydrogens (tertiary/aromatic N) is 1. The summed E-state index contributed by atoms with van der Waals surface area (Å²) in [5.41, 5.74) is 2.09. The number of H-pyrrole nitrogens is 1. The number of aromatic amines is 1. The smallest absolute Gasteiger partial charge is 0.314 e. The van der Waals surface area contributed by atoms with Crippen LogP contribution in [0.3, 0.4) is 0 Å². The molecule has 7 heteroatoms. The third-order valence-electron chi connectivity index (χ3n) is 4.12. The number of hydrogen-bond donors (Lipinski definition) is 1. The largest absolute Gasteiger partial charge is 0.469 e. The van der Waals surface area contributed by atoms with Crippen LogP contribution in [-0.2, 0) is 25.9 Å². The van der Waals surface area contributed by atoms with Crippen LogP contribution in [0, 0.1) is 0 Å². The van der Waals surface area contributed by atoms with Crippen LogP contribution in [0.25, 0.3) is 11.3 Å². The molecule has 0 radical (unpaired) electrons. The highest BCUT2D eigenvalue weighted by molar-refractivity contribution is 7.91. The van der Waals surface area contributed by atoms with Crippen molar-refractivity contribution in [1.29, 1.82) is 0 Å². The van der Waals surface area contributed by atoms with E-state index in [1.54, 1.807) is 18.5 Å². The van der Waals surface area contributed by atoms with Crippen molar-refractivity contribution in [1.82, 2.24) is 9.55 Å². The van der Waals surface area contributed by atoms with Crippen LogP contribution >= 0.6 is 0 Å². The maximum absolute atomic E-state index is 12.6. The molecule has 6 nitrogen and oxygen atoms in total. The van der Waals surface area contributed by atoms with Gasteiger partial charge in [0.25, 0.3) is 0 Å². The summed E-state index contributed by atoms with van der Waals surface area (Å²) in [6.45, 7) is 4.10. The first-order valence-electron chi connectivity index (χ1n) is 7.27. The number of ether oxygens (including phenoxy) is 1. The molecule has 23 heavy (non-hydrogen) atoms. The van der Waals surface area contributed by atoms with Crippen LogP contribution in [0.1, 0.15) is 18.0 Å². The molecule has 122 valence electrons. The van der Waals surface area contributed by atoms with E-state index >= 15 is 0 Å². The van der Waals surface area contributed by atoms with Gasteiger partial charge < -0.3 is 14.3 Å². The lowest BCUT2D eigenvalue weighted by molar-refractivity contribution is -0.142. The number of rotatable bonds is 5. The quantitative estimate of drug-likeness (QED) is 0.671. The Morgan fingerprint density at radius 3 is 2.96 bits per heavy atom. The first kappa shape index (κ1) is 15.6. The molecule has 3 heterocycles. The minimum Gasteiger partial charge on any atom is -0.469 e. The number of hydrogen-bond acceptors (Lipinski definition) is 4. The van der Waals surface area contributed by atoms with Gasteiger partial charge in [0, 0.05) is 30.2 Å². The van der Waals surface area contributed by atoms with Crippen molar-refractivity contribution in [2.24, 2.45) is 0 Å². The van der Waals surface area contributed by atoms with E-state index in [0.29, 0.717) is 24.4 Å². The van der Waals surface area contributed by atoms with Crippen molar-refractivity contribution < 1.29 is 17.9 Å². The lowest BCUT2D eigenvalue weighted by Crippen LogP contribution is -2.11. The summed E-state index contributed by atoms with van der Waals surface area (Å²) in [5, 5.41) is 0. The summed E-state index contributed by atoms with van der Waals surface area (Å²) in [6, 6.07) is 3.43. The zero-order chi connectivity index (χ0) is 16.6. The number of esters is 1. The number of carbonyl (C=O) groups is 1. The van der Waals surface area contributed by atoms with Gasteiger partial charge in [-0.05, 0) is 18.6 Å². The average molecular weight is 334 g/mol. The molecule has 0 amide bonds. The van der Waals surface area contributed by atoms with Gasteiger partial charge in [-0.25, -0.2) is 8.42 Å². The average Bonchev–Trinajstić information content (AvgIpc) is 3.21. The molecule has 0 aromatic carbocycles. The maximum Gasteiger partial charge on any atom is 0.314 e. The number of nitrogens with one attached hydrogen (secondary N) is 1. The predicted octanol–water partition coefficient (Wildman–Crippen LogP) is 2.10. The van der Waals surface area contributed by atoms with Gasteiger partial charge in [0.15, 0.2) is 9.84 Å². The Hall–Kier alpha value is -2.28. The summed E-state index contributed by atoms with van der Waals surface area (Å²) in [7, 11) is -2.16. The highest BCUT2D eigenvalue weighted by Gasteiger charge is 2.36. The van der Waals surface area contributed by atoms with Gasteiger partial charge in [0.05, 0.1) is 29.4 Å². The van der Waals surface area contributed by atoms with Crippen molar-refractivity contribution in [3.8, 4) is 11.3 Å². The van der Waals surface area contributed by atoms with Gasteiger partial charge in [0.2, 0.25) is 0 Å². The van der Waals surface area contributed by atoms with Gasteiger partial charge in [-0.3, -0.25) is 4.79 Å². The van der Waals surface area contributed by atoms with E-state index in [-0.39, 0.29) is 16.6 Å². The molecule has 2 aromatic rings. The third-order valence-corrected chi connectivity index (χ3v) is 5.78. The number of aromatic nitrogens is 2. The number of fused-ring (bicyclic) bond motifs is 1. The summed E-state index contributed by atoms with van der Waals surface area (Å²) in [6.07, 6.45) is 5.48. The second-order valence-electron chi connectivity index (χ2n) is 5.47. The maximum atomic E-state index is 12.6. The van der Waals surface area contributed by atoms with Crippen LogP contribution in [0.5, 0.6) is 0 Å². The predicted molar refractivity (Wildman–Crippen MR) is 85.8 cm³/mol. The molecule has 0 saturated heterocycles. The number of carbonyl (C=O) groups excluding carboxylic acids is 1. The summed E-state index contributed by atoms with van der Waals surface area (Å²) < 4.78 is 31.9. The van der Waals surface area contributed by atoms with Crippen LogP contribution in [0.2, 0.25) is 0 Å². The first-order chi connectivity index (χ1) is 11.0. The molecule has 0 saturated carbocycles. The Kier molecular flexibility index (Phi) is 3.89. The molecule has 3 rings (SSSR count). The second-order valence-corrected chi connectivity index (χ2v) is 7.47. The highest BCUT2D eigenvalue weighted by Crippen LogP contribution is 2.40. The molecular weight excluding hydrogens is 316 g/mol. The van der Waals surface area contributed by atoms with Gasteiger partial charge in [-0.2, -0.15) is 0 Å². The lowest BCUT2D eigenvalue weighted by Gasteiger charge is -2.08. The van der Waals surface area contributed by atoms with Gasteiger partial charge in [0.1, 0.15) is 0 Å². The lowest BCUT2D eigenvalue weighted by atomic mass is 10.1. The van der Waals surface area contributed by atoms with E-state index in [1.807, 2.05) is 10.6 Å². The molecule has 1 aliphatic rings. The van der Waals surface area contributed by atoms with E-state index in [2.05, 4.69) is 11.6 Å². The van der Waals surface area contributed by atoms with Crippen LogP contribution in [0.15, 0.2) is 42.1 Å². The number of sulfone groups is 1. The Morgan fingerprint density at radius 1 is 1.57 bits per heavy atom. The fourth-order valence-electron chi connectivity index (χ4n) is 3.11. The summed E-state index contributed by atoms with van der Waals surface area (Å²) >= 11 is 0. The standard InChI is InChI=1S/C16H18N2O4S/c1-3-8-23(20,21)14-9-13-12(16(19)22-2)5-7-18(13)15(14)11-4-6-17-10-11/h3-4,6,9-10,12,17H,1,5,7-8H2,2H3. The zero-order valence-electron chi connectivity index (χ0n) is 12.8. The van der Waals surface area contributed by atoms with Gasteiger partial charge >= 0.3 is 5.97 Å². The molecule has 1 aliphatic heterocycles. The minimum absolute atomic E-state index is 0.142. The van der Waals surface area contributed by atoms with Crippen molar-refractivity contribution in [3.63, 3.8) is 0 Å². The Bertz CT molecular complexity index is 847. The first-order valence-corrected chi connectivity index (χ1v) is 8.93. The summed E-state index contributed by atoms with van der Waals surface area (Å²) in [5.74, 6) is -0.906. The van der Waals surface area contributed by atoms with E-state index in [9.17, 15) is 13.2 Å². The molecule has 1 N–H and O–H groups in total. The minimum atomic E-state index is -3.51. The monoisotopic (exact) mass is 334 g/mol. The molecule has 1 unspecified atom stereocenters. The van der Waals surface area contributed by atoms with E-state index < -0.39 is 15.8 Å². The zero-order valence-corrected chi connectivity index (χ0v) is 13.6. The molecule has 1 atom stereocenters. The molecule has 0 aliphatic carbocycles. The van der Waals surface area contributed by atoms with E-state index in [4.69, 9.17) is 4.74 Å². The molecular formula is C16H18N2O4S. The van der Waals surface area contributed by atoms with Crippen LogP contribution < -0.4 is 0 Å². The molecule has 2 aromatic heterocycles. The Balaban J connectivity index is 2.22. The van der Waals surface area contributed by atoms with Crippen molar-refractivity contribution in [2.45, 2.75) is 23.8 Å². The number of methoxy groups -OCH3 is 1. The topological polar surface area (TPSA) is 81.2 Å². The van der Waals surface area contributed by atoms with Gasteiger partial charge in [-0.15, -0.1) is 6.58 Å². The Morgan fingerprint density at radius 2 is 2.35 bits per heavy atom. The van der Waals surface area contributed by atoms with E-state index in [0.717, 1.165) is 5.56 Å². The van der Waals surface area contributed by atoms with Crippen molar-refractivity contribution in [3.05, 3.63) is 42.9 Å². The van der Waals surface area contributed by atoms with Crippen LogP contribution in [0.4, 0.5) is 0 Å². The second kappa shape index (κ2) is 5.73. The fraction of sp³-hybridized carbons (Fsp3) is 0.312. The third kappa shape index (κ3) is 2.50. The SMILES string of the molecule is C=CCS(=O)(=O)c1cc2n(c1-c1cc[nH]c1)CCC2C(=O)OC. The fourth-order valence-corrected chi connectivity index (χ4v) is 4.42. The highest BCUT2D eigenvalue weighted by atomic mass is 32.2. The van der Waals surface area contributed by atoms with Gasteiger partial charge in [-0.1, -0.05) is 6.08 Å². The summed E-state index contributed by atoms with van der Waals surface area (Å²) in [4.78, 5) is 15.1. The van der Waals surface area contributed by atoms with Crippen LogP contribution in [-0.4, -0.2) is 36.8 Å². The molecule has 0 fully saturated rings. The van der Waals surface area contributed by atoms with Crippen molar-refractivity contribution in [2.75, 3.05) is 12.9 Å². The van der Waals surface area contributed by atoms with E-state index in [1.165, 1.54) is 13.2 Å². The van der Waals surface area contributed by atoms with Crippen molar-refractivity contribution >= 4 is 15.8 Å². The normalized spacial score (nSPS) is 17.0. The Labute approximate surface area is 134 Å². The molecule has 0 spiro atoms. The molecule has 0 bridgehead atoms.